The van der Waals surface area contributed by atoms with E-state index in [0.29, 0.717) is 23.0 Å². The molecule has 0 radical (unpaired) electrons. The van der Waals surface area contributed by atoms with Crippen LogP contribution in [0.3, 0.4) is 0 Å². The van der Waals surface area contributed by atoms with E-state index >= 15 is 0 Å². The van der Waals surface area contributed by atoms with Gasteiger partial charge in [-0.3, -0.25) is 0 Å². The number of halogens is 1. The predicted octanol–water partition coefficient (Wildman–Crippen LogP) is 4.28. The standard InChI is InChI=1S/C18H14FN5/c1-12-21-17(23-15-6-2-13(11-20)3-7-15)10-18(22-12)24-16-8-4-14(19)5-9-16/h2-10H,1H3,(H2,21,22,23,24). The largest absolute Gasteiger partial charge is 0.340 e. The number of nitrogens with zero attached hydrogens (tertiary/aromatic N) is 3. The van der Waals surface area contributed by atoms with Crippen molar-refractivity contribution >= 4 is 23.0 Å². The highest BCUT2D eigenvalue weighted by Gasteiger charge is 2.04. The van der Waals surface area contributed by atoms with Gasteiger partial charge in [-0.2, -0.15) is 5.26 Å². The molecule has 0 aliphatic heterocycles. The zero-order valence-corrected chi connectivity index (χ0v) is 12.9. The second-order valence-corrected chi connectivity index (χ2v) is 5.13. The summed E-state index contributed by atoms with van der Waals surface area (Å²) in [5.74, 6) is 1.53. The lowest BCUT2D eigenvalue weighted by Gasteiger charge is -2.10. The maximum atomic E-state index is 13.0. The van der Waals surface area contributed by atoms with Crippen molar-refractivity contribution in [3.05, 3.63) is 71.8 Å². The first-order chi connectivity index (χ1) is 11.6. The van der Waals surface area contributed by atoms with Gasteiger partial charge in [0, 0.05) is 17.4 Å². The maximum absolute atomic E-state index is 13.0. The molecule has 0 aliphatic carbocycles. The van der Waals surface area contributed by atoms with Crippen molar-refractivity contribution in [3.8, 4) is 6.07 Å². The fraction of sp³-hybridized carbons (Fsp3) is 0.0556. The average molecular weight is 319 g/mol. The number of anilines is 4. The fourth-order valence-electron chi connectivity index (χ4n) is 2.15. The number of aromatic nitrogens is 2. The average Bonchev–Trinajstić information content (AvgIpc) is 2.57. The summed E-state index contributed by atoms with van der Waals surface area (Å²) < 4.78 is 13.0. The van der Waals surface area contributed by atoms with Crippen LogP contribution in [0.2, 0.25) is 0 Å². The number of hydrogen-bond donors (Lipinski definition) is 2. The highest BCUT2D eigenvalue weighted by atomic mass is 19.1. The van der Waals surface area contributed by atoms with Crippen LogP contribution in [-0.4, -0.2) is 9.97 Å². The summed E-state index contributed by atoms with van der Waals surface area (Å²) >= 11 is 0. The van der Waals surface area contributed by atoms with Crippen LogP contribution in [0.4, 0.5) is 27.4 Å². The van der Waals surface area contributed by atoms with Crippen LogP contribution < -0.4 is 10.6 Å². The van der Waals surface area contributed by atoms with E-state index < -0.39 is 0 Å². The summed E-state index contributed by atoms with van der Waals surface area (Å²) in [4.78, 5) is 8.66. The molecular formula is C18H14FN5. The molecule has 6 heteroatoms. The molecule has 0 fully saturated rings. The van der Waals surface area contributed by atoms with E-state index in [0.717, 1.165) is 11.4 Å². The van der Waals surface area contributed by atoms with Gasteiger partial charge in [0.05, 0.1) is 11.6 Å². The third-order valence-electron chi connectivity index (χ3n) is 3.24. The van der Waals surface area contributed by atoms with Crippen LogP contribution in [0.1, 0.15) is 11.4 Å². The van der Waals surface area contributed by atoms with Gasteiger partial charge in [0.25, 0.3) is 0 Å². The van der Waals surface area contributed by atoms with Crippen molar-refractivity contribution in [1.29, 1.82) is 5.26 Å². The first-order valence-electron chi connectivity index (χ1n) is 7.28. The third kappa shape index (κ3) is 3.84. The zero-order valence-electron chi connectivity index (χ0n) is 12.9. The molecule has 0 atom stereocenters. The molecule has 3 aromatic rings. The fourth-order valence-corrected chi connectivity index (χ4v) is 2.15. The molecule has 0 bridgehead atoms. The van der Waals surface area contributed by atoms with Crippen LogP contribution in [0.25, 0.3) is 0 Å². The first-order valence-corrected chi connectivity index (χ1v) is 7.28. The van der Waals surface area contributed by atoms with E-state index in [1.54, 1.807) is 37.3 Å². The molecule has 2 aromatic carbocycles. The summed E-state index contributed by atoms with van der Waals surface area (Å²) in [6.07, 6.45) is 0. The highest BCUT2D eigenvalue weighted by molar-refractivity contribution is 5.63. The van der Waals surface area contributed by atoms with Gasteiger partial charge in [0.15, 0.2) is 0 Å². The molecule has 0 spiro atoms. The Labute approximate surface area is 138 Å². The molecule has 0 aliphatic rings. The Morgan fingerprint density at radius 1 is 0.875 bits per heavy atom. The van der Waals surface area contributed by atoms with Crippen LogP contribution in [0.5, 0.6) is 0 Å². The molecule has 3 rings (SSSR count). The highest BCUT2D eigenvalue weighted by Crippen LogP contribution is 2.20. The summed E-state index contributed by atoms with van der Waals surface area (Å²) in [7, 11) is 0. The quantitative estimate of drug-likeness (QED) is 0.750. The van der Waals surface area contributed by atoms with Crippen molar-refractivity contribution in [3.63, 3.8) is 0 Å². The van der Waals surface area contributed by atoms with Gasteiger partial charge in [-0.15, -0.1) is 0 Å². The number of rotatable bonds is 4. The summed E-state index contributed by atoms with van der Waals surface area (Å²) in [6.45, 7) is 1.79. The molecule has 118 valence electrons. The second-order valence-electron chi connectivity index (χ2n) is 5.13. The Kier molecular flexibility index (Phi) is 4.34. The van der Waals surface area contributed by atoms with E-state index in [4.69, 9.17) is 5.26 Å². The van der Waals surface area contributed by atoms with Crippen LogP contribution in [0.15, 0.2) is 54.6 Å². The maximum Gasteiger partial charge on any atom is 0.136 e. The zero-order chi connectivity index (χ0) is 16.9. The Balaban J connectivity index is 1.80. The lowest BCUT2D eigenvalue weighted by atomic mass is 10.2. The lowest BCUT2D eigenvalue weighted by Crippen LogP contribution is -2.01. The molecule has 1 heterocycles. The SMILES string of the molecule is Cc1nc(Nc2ccc(F)cc2)cc(Nc2ccc(C#N)cc2)n1. The Bertz CT molecular complexity index is 883. The number of aryl methyl sites for hydroxylation is 1. The molecule has 24 heavy (non-hydrogen) atoms. The molecule has 5 nitrogen and oxygen atoms in total. The third-order valence-corrected chi connectivity index (χ3v) is 3.24. The van der Waals surface area contributed by atoms with Crippen molar-refractivity contribution in [1.82, 2.24) is 9.97 Å². The molecule has 0 saturated carbocycles. The minimum atomic E-state index is -0.289. The molecular weight excluding hydrogens is 305 g/mol. The van der Waals surface area contributed by atoms with Gasteiger partial charge >= 0.3 is 0 Å². The number of nitriles is 1. The van der Waals surface area contributed by atoms with Gasteiger partial charge in [0.2, 0.25) is 0 Å². The van der Waals surface area contributed by atoms with Crippen LogP contribution >= 0.6 is 0 Å². The predicted molar refractivity (Wildman–Crippen MR) is 90.9 cm³/mol. The summed E-state index contributed by atoms with van der Waals surface area (Å²) in [5.41, 5.74) is 2.15. The summed E-state index contributed by atoms with van der Waals surface area (Å²) in [5, 5.41) is 15.1. The van der Waals surface area contributed by atoms with Crippen LogP contribution in [0, 0.1) is 24.1 Å². The van der Waals surface area contributed by atoms with Crippen molar-refractivity contribution in [2.24, 2.45) is 0 Å². The van der Waals surface area contributed by atoms with Gasteiger partial charge in [-0.25, -0.2) is 14.4 Å². The minimum Gasteiger partial charge on any atom is -0.340 e. The van der Waals surface area contributed by atoms with Crippen molar-refractivity contribution in [2.45, 2.75) is 6.92 Å². The van der Waals surface area contributed by atoms with Gasteiger partial charge in [-0.1, -0.05) is 0 Å². The van der Waals surface area contributed by atoms with E-state index in [1.807, 2.05) is 12.1 Å². The number of benzene rings is 2. The monoisotopic (exact) mass is 319 g/mol. The minimum absolute atomic E-state index is 0.289. The van der Waals surface area contributed by atoms with E-state index in [1.165, 1.54) is 12.1 Å². The van der Waals surface area contributed by atoms with Crippen molar-refractivity contribution < 1.29 is 4.39 Å². The van der Waals surface area contributed by atoms with Gasteiger partial charge in [-0.05, 0) is 55.5 Å². The molecule has 0 amide bonds. The number of hydrogen-bond acceptors (Lipinski definition) is 5. The van der Waals surface area contributed by atoms with Crippen molar-refractivity contribution in [2.75, 3.05) is 10.6 Å². The molecule has 0 unspecified atom stereocenters. The molecule has 2 N–H and O–H groups in total. The molecule has 1 aromatic heterocycles. The van der Waals surface area contributed by atoms with Gasteiger partial charge < -0.3 is 10.6 Å². The Morgan fingerprint density at radius 2 is 1.38 bits per heavy atom. The Hall–Kier alpha value is -3.46. The number of nitrogens with one attached hydrogen (secondary N) is 2. The molecule has 0 saturated heterocycles. The lowest BCUT2D eigenvalue weighted by molar-refractivity contribution is 0.628. The normalized spacial score (nSPS) is 10.0. The van der Waals surface area contributed by atoms with E-state index in [2.05, 4.69) is 26.7 Å². The smallest absolute Gasteiger partial charge is 0.136 e. The van der Waals surface area contributed by atoms with Gasteiger partial charge in [0.1, 0.15) is 23.3 Å². The van der Waals surface area contributed by atoms with E-state index in [-0.39, 0.29) is 5.82 Å². The Morgan fingerprint density at radius 3 is 1.88 bits per heavy atom. The summed E-state index contributed by atoms with van der Waals surface area (Å²) in [6, 6.07) is 17.0. The van der Waals surface area contributed by atoms with Crippen LogP contribution in [-0.2, 0) is 0 Å². The van der Waals surface area contributed by atoms with E-state index in [9.17, 15) is 4.39 Å². The topological polar surface area (TPSA) is 73.6 Å². The second kappa shape index (κ2) is 6.75. The first kappa shape index (κ1) is 15.4.